The maximum atomic E-state index is 9.72. The predicted octanol–water partition coefficient (Wildman–Crippen LogP) is 11.2. The number of aryl methyl sites for hydroxylation is 5. The third-order valence-electron chi connectivity index (χ3n) is 8.56. The summed E-state index contributed by atoms with van der Waals surface area (Å²) in [5.74, 6) is -0.747. The van der Waals surface area contributed by atoms with Crippen molar-refractivity contribution in [2.75, 3.05) is 0 Å². The first-order valence-corrected chi connectivity index (χ1v) is 14.2. The van der Waals surface area contributed by atoms with Crippen LogP contribution in [0, 0.1) is 45.3 Å². The standard InChI is InChI=1S/C38H43NO/c1-22-13-25(4)35-29-12-10-11-28(36(29)40-34(35)14-22)33-17-32(26(5)20-39-33)31-16-23(2)30(15-24(31)3)27-18-37(6,7)21-38(8,9)19-27/h10-17,20,27H,18-19,21H2,1-9H3/i1D3,5D3,27D. The number of hydrogen-bond donors (Lipinski definition) is 0. The lowest BCUT2D eigenvalue weighted by atomic mass is 9.60. The van der Waals surface area contributed by atoms with Crippen molar-refractivity contribution in [2.24, 2.45) is 10.8 Å². The first kappa shape index (κ1) is 19.6. The molecule has 0 aliphatic heterocycles. The molecule has 0 saturated heterocycles. The van der Waals surface area contributed by atoms with Crippen molar-refractivity contribution in [1.29, 1.82) is 0 Å². The Balaban J connectivity index is 1.53. The van der Waals surface area contributed by atoms with Gasteiger partial charge >= 0.3 is 0 Å². The summed E-state index contributed by atoms with van der Waals surface area (Å²) in [5, 5.41) is 1.68. The molecular formula is C38H43NO. The fraction of sp³-hybridized carbons (Fsp3) is 0.395. The van der Waals surface area contributed by atoms with Crippen molar-refractivity contribution in [3.05, 3.63) is 88.1 Å². The molecule has 3 aromatic carbocycles. The second-order valence-electron chi connectivity index (χ2n) is 13.5. The largest absolute Gasteiger partial charge is 0.455 e. The van der Waals surface area contributed by atoms with Crippen LogP contribution in [0.5, 0.6) is 0 Å². The smallest absolute Gasteiger partial charge is 0.144 e. The molecule has 0 bridgehead atoms. The van der Waals surface area contributed by atoms with E-state index in [-0.39, 0.29) is 22.0 Å². The van der Waals surface area contributed by atoms with Gasteiger partial charge in [0.25, 0.3) is 0 Å². The van der Waals surface area contributed by atoms with Crippen molar-refractivity contribution in [3.63, 3.8) is 0 Å². The number of benzene rings is 3. The number of rotatable bonds is 3. The number of pyridine rings is 1. The summed E-state index contributed by atoms with van der Waals surface area (Å²) in [4.78, 5) is 4.65. The monoisotopic (exact) mass is 536 g/mol. The zero-order valence-electron chi connectivity index (χ0n) is 31.7. The summed E-state index contributed by atoms with van der Waals surface area (Å²) in [6.07, 6.45) is 4.03. The highest BCUT2D eigenvalue weighted by molar-refractivity contribution is 6.11. The highest BCUT2D eigenvalue weighted by atomic mass is 16.3. The van der Waals surface area contributed by atoms with Gasteiger partial charge in [-0.2, -0.15) is 0 Å². The molecule has 40 heavy (non-hydrogen) atoms. The van der Waals surface area contributed by atoms with Gasteiger partial charge in [0, 0.05) is 32.1 Å². The molecule has 1 aliphatic carbocycles. The van der Waals surface area contributed by atoms with E-state index in [1.165, 1.54) is 6.20 Å². The van der Waals surface area contributed by atoms with E-state index in [0.29, 0.717) is 28.0 Å². The Morgan fingerprint density at radius 3 is 2.30 bits per heavy atom. The average molecular weight is 537 g/mol. The molecule has 1 fully saturated rings. The van der Waals surface area contributed by atoms with E-state index in [4.69, 9.17) is 12.6 Å². The van der Waals surface area contributed by atoms with Crippen molar-refractivity contribution in [3.8, 4) is 22.4 Å². The summed E-state index contributed by atoms with van der Waals surface area (Å²) in [6.45, 7) is 10.3. The van der Waals surface area contributed by atoms with Crippen LogP contribution < -0.4 is 0 Å². The van der Waals surface area contributed by atoms with Crippen molar-refractivity contribution in [1.82, 2.24) is 4.98 Å². The van der Waals surface area contributed by atoms with Crippen LogP contribution in [0.15, 0.2) is 59.1 Å². The average Bonchev–Trinajstić information content (AvgIpc) is 3.30. The third-order valence-corrected chi connectivity index (χ3v) is 8.56. The lowest BCUT2D eigenvalue weighted by Crippen LogP contribution is -2.33. The molecular weight excluding hydrogens is 486 g/mol. The van der Waals surface area contributed by atoms with Crippen LogP contribution in [0.3, 0.4) is 0 Å². The second kappa shape index (κ2) is 9.33. The molecule has 0 spiro atoms. The van der Waals surface area contributed by atoms with Crippen LogP contribution >= 0.6 is 0 Å². The third kappa shape index (κ3) is 4.66. The minimum Gasteiger partial charge on any atom is -0.455 e. The summed E-state index contributed by atoms with van der Waals surface area (Å²) in [5.41, 5.74) is 7.79. The van der Waals surface area contributed by atoms with Gasteiger partial charge in [-0.05, 0) is 133 Å². The summed E-state index contributed by atoms with van der Waals surface area (Å²) < 4.78 is 64.9. The van der Waals surface area contributed by atoms with Crippen LogP contribution in [0.25, 0.3) is 44.3 Å². The molecule has 2 nitrogen and oxygen atoms in total. The summed E-state index contributed by atoms with van der Waals surface area (Å²) in [6, 6.07) is 15.0. The fourth-order valence-electron chi connectivity index (χ4n) is 7.48. The van der Waals surface area contributed by atoms with Gasteiger partial charge in [-0.1, -0.05) is 58.0 Å². The lowest BCUT2D eigenvalue weighted by Gasteiger charge is -2.45. The Hall–Kier alpha value is -3.39. The molecule has 206 valence electrons. The van der Waals surface area contributed by atoms with E-state index in [0.717, 1.165) is 57.9 Å². The van der Waals surface area contributed by atoms with Gasteiger partial charge in [-0.25, -0.2) is 0 Å². The fourth-order valence-corrected chi connectivity index (χ4v) is 7.48. The van der Waals surface area contributed by atoms with Gasteiger partial charge in [0.2, 0.25) is 0 Å². The number of fused-ring (bicyclic) bond motifs is 3. The van der Waals surface area contributed by atoms with Crippen LogP contribution in [0.2, 0.25) is 0 Å². The van der Waals surface area contributed by atoms with E-state index in [1.54, 1.807) is 12.1 Å². The summed E-state index contributed by atoms with van der Waals surface area (Å²) >= 11 is 0. The molecule has 0 atom stereocenters. The molecule has 6 rings (SSSR count). The Bertz CT molecular complexity index is 2030. The second-order valence-corrected chi connectivity index (χ2v) is 13.5. The van der Waals surface area contributed by atoms with Gasteiger partial charge in [-0.15, -0.1) is 0 Å². The van der Waals surface area contributed by atoms with Crippen molar-refractivity contribution in [2.45, 2.75) is 87.3 Å². The van der Waals surface area contributed by atoms with E-state index in [2.05, 4.69) is 38.7 Å². The van der Waals surface area contributed by atoms with Crippen molar-refractivity contribution < 1.29 is 14.0 Å². The molecule has 1 saturated carbocycles. The lowest BCUT2D eigenvalue weighted by molar-refractivity contribution is 0.0967. The highest BCUT2D eigenvalue weighted by Crippen LogP contribution is 2.52. The SMILES string of the molecule is [2H]C([2H])([2H])c1cc(C)c2c(c1)oc1c(-c3cc(-c4cc(C)c(C5([2H])CC(C)(C)CC(C)(C)C5)cc4C)c(C([2H])([2H])[2H])cn3)cccc12. The number of hydrogen-bond acceptors (Lipinski definition) is 2. The first-order chi connectivity index (χ1) is 21.6. The first-order valence-electron chi connectivity index (χ1n) is 17.7. The maximum absolute atomic E-state index is 9.72. The molecule has 0 N–H and O–H groups in total. The Morgan fingerprint density at radius 1 is 0.825 bits per heavy atom. The van der Waals surface area contributed by atoms with Gasteiger partial charge in [0.05, 0.1) is 5.69 Å². The van der Waals surface area contributed by atoms with Crippen LogP contribution in [0.4, 0.5) is 0 Å². The van der Waals surface area contributed by atoms with Gasteiger partial charge in [0.15, 0.2) is 0 Å². The molecule has 0 radical (unpaired) electrons. The normalized spacial score (nSPS) is 21.1. The minimum atomic E-state index is -2.40. The van der Waals surface area contributed by atoms with E-state index < -0.39 is 19.6 Å². The predicted molar refractivity (Wildman–Crippen MR) is 170 cm³/mol. The van der Waals surface area contributed by atoms with Crippen molar-refractivity contribution >= 4 is 21.9 Å². The Labute approximate surface area is 249 Å². The zero-order valence-corrected chi connectivity index (χ0v) is 24.7. The topological polar surface area (TPSA) is 26.0 Å². The highest BCUT2D eigenvalue weighted by Gasteiger charge is 2.39. The number of nitrogens with zero attached hydrogens (tertiary/aromatic N) is 1. The van der Waals surface area contributed by atoms with Crippen LogP contribution in [-0.4, -0.2) is 4.98 Å². The molecule has 5 aromatic rings. The molecule has 2 heterocycles. The zero-order chi connectivity index (χ0) is 34.5. The van der Waals surface area contributed by atoms with E-state index in [9.17, 15) is 1.37 Å². The maximum Gasteiger partial charge on any atom is 0.144 e. The van der Waals surface area contributed by atoms with Gasteiger partial charge in [0.1, 0.15) is 11.2 Å². The van der Waals surface area contributed by atoms with Gasteiger partial charge in [-0.3, -0.25) is 4.98 Å². The Kier molecular flexibility index (Phi) is 4.58. The number of aromatic nitrogens is 1. The molecule has 1 aliphatic rings. The number of furan rings is 1. The summed E-state index contributed by atoms with van der Waals surface area (Å²) in [7, 11) is 0. The van der Waals surface area contributed by atoms with Crippen LogP contribution in [0.1, 0.15) is 95.8 Å². The quantitative estimate of drug-likeness (QED) is 0.229. The van der Waals surface area contributed by atoms with E-state index >= 15 is 0 Å². The van der Waals surface area contributed by atoms with E-state index in [1.807, 2.05) is 51.1 Å². The van der Waals surface area contributed by atoms with Crippen LogP contribution in [-0.2, 0) is 0 Å². The minimum absolute atomic E-state index is 0.0292. The molecule has 0 amide bonds. The number of para-hydroxylation sites is 1. The Morgan fingerprint density at radius 2 is 1.57 bits per heavy atom. The molecule has 0 unspecified atom stereocenters. The molecule has 2 aromatic heterocycles. The van der Waals surface area contributed by atoms with Gasteiger partial charge < -0.3 is 4.42 Å². The molecule has 2 heteroatoms.